The lowest BCUT2D eigenvalue weighted by Crippen LogP contribution is -2.45. The minimum Gasteiger partial charge on any atom is -0.396 e. The lowest BCUT2D eigenvalue weighted by Gasteiger charge is -2.51. The molecule has 6 atom stereocenters. The van der Waals surface area contributed by atoms with Crippen LogP contribution in [0.2, 0.25) is 0 Å². The number of hydrogen-bond donors (Lipinski definition) is 2. The molecule has 18 heavy (non-hydrogen) atoms. The lowest BCUT2D eigenvalue weighted by molar-refractivity contribution is -0.0532. The smallest absolute Gasteiger partial charge is 0.0596 e. The van der Waals surface area contributed by atoms with Crippen molar-refractivity contribution in [3.63, 3.8) is 0 Å². The summed E-state index contributed by atoms with van der Waals surface area (Å²) < 4.78 is 0. The number of aliphatic hydroxyl groups is 2. The van der Waals surface area contributed by atoms with Gasteiger partial charge in [-0.15, -0.1) is 0 Å². The van der Waals surface area contributed by atoms with Gasteiger partial charge in [0.2, 0.25) is 0 Å². The second-order valence-electron chi connectivity index (χ2n) is 7.36. The highest BCUT2D eigenvalue weighted by atomic mass is 16.3. The first-order valence-electron chi connectivity index (χ1n) is 7.94. The lowest BCUT2D eigenvalue weighted by atomic mass is 9.55. The molecule has 5 unspecified atom stereocenters. The van der Waals surface area contributed by atoms with E-state index in [1.807, 2.05) is 0 Å². The summed E-state index contributed by atoms with van der Waals surface area (Å²) in [4.78, 5) is 0. The summed E-state index contributed by atoms with van der Waals surface area (Å²) in [5.41, 5.74) is 0.227. The molecule has 3 aliphatic rings. The maximum atomic E-state index is 10.3. The molecule has 3 fully saturated rings. The Bertz CT molecular complexity index is 303. The Balaban J connectivity index is 1.71. The van der Waals surface area contributed by atoms with E-state index in [0.29, 0.717) is 6.61 Å². The molecule has 3 saturated carbocycles. The Morgan fingerprint density at radius 3 is 2.72 bits per heavy atom. The monoisotopic (exact) mass is 252 g/mol. The van der Waals surface area contributed by atoms with Crippen molar-refractivity contribution in [3.8, 4) is 0 Å². The van der Waals surface area contributed by atoms with Crippen molar-refractivity contribution in [2.45, 2.75) is 64.4 Å². The van der Waals surface area contributed by atoms with Crippen molar-refractivity contribution < 1.29 is 10.2 Å². The summed E-state index contributed by atoms with van der Waals surface area (Å²) >= 11 is 0. The van der Waals surface area contributed by atoms with Crippen LogP contribution in [0, 0.1) is 29.1 Å². The molecule has 0 saturated heterocycles. The fourth-order valence-electron chi connectivity index (χ4n) is 5.49. The zero-order chi connectivity index (χ0) is 12.8. The van der Waals surface area contributed by atoms with Gasteiger partial charge in [0.05, 0.1) is 6.10 Å². The van der Waals surface area contributed by atoms with Crippen molar-refractivity contribution in [1.82, 2.24) is 0 Å². The van der Waals surface area contributed by atoms with Gasteiger partial charge in [0, 0.05) is 6.61 Å². The number of fused-ring (bicyclic) bond motifs is 3. The summed E-state index contributed by atoms with van der Waals surface area (Å²) in [6.45, 7) is 2.70. The van der Waals surface area contributed by atoms with E-state index in [1.165, 1.54) is 38.5 Å². The Morgan fingerprint density at radius 2 is 1.94 bits per heavy atom. The predicted molar refractivity (Wildman–Crippen MR) is 72.1 cm³/mol. The number of aliphatic hydroxyl groups excluding tert-OH is 2. The Morgan fingerprint density at radius 1 is 1.11 bits per heavy atom. The third kappa shape index (κ3) is 1.92. The molecule has 0 amide bonds. The van der Waals surface area contributed by atoms with Gasteiger partial charge in [-0.25, -0.2) is 0 Å². The molecule has 0 bridgehead atoms. The normalized spacial score (nSPS) is 51.8. The molecule has 2 N–H and O–H groups in total. The Kier molecular flexibility index (Phi) is 3.44. The zero-order valence-corrected chi connectivity index (χ0v) is 11.6. The molecule has 0 spiro atoms. The van der Waals surface area contributed by atoms with E-state index in [1.54, 1.807) is 0 Å². The van der Waals surface area contributed by atoms with Crippen LogP contribution in [-0.4, -0.2) is 22.9 Å². The van der Waals surface area contributed by atoms with Crippen molar-refractivity contribution >= 4 is 0 Å². The maximum Gasteiger partial charge on any atom is 0.0596 e. The quantitative estimate of drug-likeness (QED) is 0.793. The van der Waals surface area contributed by atoms with Gasteiger partial charge in [0.25, 0.3) is 0 Å². The SMILES string of the molecule is CC12CCC3CC(CCO)CCC3C1CC[C@@H]2O. The van der Waals surface area contributed by atoms with Crippen LogP contribution in [0.25, 0.3) is 0 Å². The van der Waals surface area contributed by atoms with E-state index in [9.17, 15) is 5.11 Å². The van der Waals surface area contributed by atoms with E-state index in [4.69, 9.17) is 5.11 Å². The molecule has 0 aliphatic heterocycles. The van der Waals surface area contributed by atoms with Gasteiger partial charge in [0.15, 0.2) is 0 Å². The molecule has 0 aromatic rings. The molecular formula is C16H28O2. The second-order valence-corrected chi connectivity index (χ2v) is 7.36. The van der Waals surface area contributed by atoms with E-state index in [-0.39, 0.29) is 11.5 Å². The molecule has 0 aromatic heterocycles. The molecule has 3 aliphatic carbocycles. The first-order chi connectivity index (χ1) is 8.65. The highest BCUT2D eigenvalue weighted by Crippen LogP contribution is 2.59. The van der Waals surface area contributed by atoms with Crippen LogP contribution in [0.3, 0.4) is 0 Å². The fourth-order valence-corrected chi connectivity index (χ4v) is 5.49. The molecule has 104 valence electrons. The molecule has 0 radical (unpaired) electrons. The molecule has 2 nitrogen and oxygen atoms in total. The van der Waals surface area contributed by atoms with Crippen LogP contribution in [0.4, 0.5) is 0 Å². The van der Waals surface area contributed by atoms with E-state index in [2.05, 4.69) is 6.92 Å². The summed E-state index contributed by atoms with van der Waals surface area (Å²) in [5.74, 6) is 3.31. The van der Waals surface area contributed by atoms with Crippen LogP contribution < -0.4 is 0 Å². The second kappa shape index (κ2) is 4.79. The molecule has 0 aromatic carbocycles. The summed E-state index contributed by atoms with van der Waals surface area (Å²) in [7, 11) is 0. The van der Waals surface area contributed by atoms with Gasteiger partial charge in [-0.3, -0.25) is 0 Å². The average molecular weight is 252 g/mol. The van der Waals surface area contributed by atoms with E-state index >= 15 is 0 Å². The van der Waals surface area contributed by atoms with Gasteiger partial charge < -0.3 is 10.2 Å². The van der Waals surface area contributed by atoms with Gasteiger partial charge in [-0.1, -0.05) is 13.3 Å². The van der Waals surface area contributed by atoms with Gasteiger partial charge in [-0.2, -0.15) is 0 Å². The minimum atomic E-state index is -0.0429. The predicted octanol–water partition coefficient (Wildman–Crippen LogP) is 2.97. The topological polar surface area (TPSA) is 40.5 Å². The van der Waals surface area contributed by atoms with Crippen LogP contribution >= 0.6 is 0 Å². The van der Waals surface area contributed by atoms with Gasteiger partial charge in [-0.05, 0) is 74.0 Å². The maximum absolute atomic E-state index is 10.3. The summed E-state index contributed by atoms with van der Waals surface area (Å²) in [6.07, 6.45) is 9.80. The minimum absolute atomic E-state index is 0.0429. The van der Waals surface area contributed by atoms with E-state index in [0.717, 1.165) is 36.5 Å². The molecular weight excluding hydrogens is 224 g/mol. The molecule has 3 rings (SSSR count). The van der Waals surface area contributed by atoms with Crippen molar-refractivity contribution in [3.05, 3.63) is 0 Å². The zero-order valence-electron chi connectivity index (χ0n) is 11.6. The standard InChI is InChI=1S/C16H28O2/c1-16-8-6-12-10-11(7-9-17)2-3-13(12)14(16)4-5-15(16)18/h11-15,17-18H,2-10H2,1H3/t11?,12?,13?,14?,15-,16?/m0/s1. The first kappa shape index (κ1) is 12.9. The fraction of sp³-hybridized carbons (Fsp3) is 1.00. The molecule has 0 heterocycles. The number of hydrogen-bond acceptors (Lipinski definition) is 2. The molecule has 2 heteroatoms. The first-order valence-corrected chi connectivity index (χ1v) is 7.94. The highest BCUT2D eigenvalue weighted by molar-refractivity contribution is 5.03. The highest BCUT2D eigenvalue weighted by Gasteiger charge is 2.54. The third-order valence-corrected chi connectivity index (χ3v) is 6.62. The largest absolute Gasteiger partial charge is 0.396 e. The average Bonchev–Trinajstić information content (AvgIpc) is 2.67. The van der Waals surface area contributed by atoms with Crippen molar-refractivity contribution in [1.29, 1.82) is 0 Å². The van der Waals surface area contributed by atoms with E-state index < -0.39 is 0 Å². The number of rotatable bonds is 2. The van der Waals surface area contributed by atoms with Crippen LogP contribution in [0.15, 0.2) is 0 Å². The Labute approximate surface area is 111 Å². The van der Waals surface area contributed by atoms with Crippen LogP contribution in [0.5, 0.6) is 0 Å². The van der Waals surface area contributed by atoms with Crippen LogP contribution in [-0.2, 0) is 0 Å². The van der Waals surface area contributed by atoms with Crippen molar-refractivity contribution in [2.24, 2.45) is 29.1 Å². The summed E-state index contributed by atoms with van der Waals surface area (Å²) in [6, 6.07) is 0. The Hall–Kier alpha value is -0.0800. The third-order valence-electron chi connectivity index (χ3n) is 6.62. The van der Waals surface area contributed by atoms with Gasteiger partial charge in [0.1, 0.15) is 0 Å². The van der Waals surface area contributed by atoms with Crippen LogP contribution in [0.1, 0.15) is 58.3 Å². The van der Waals surface area contributed by atoms with Gasteiger partial charge >= 0.3 is 0 Å². The van der Waals surface area contributed by atoms with Crippen molar-refractivity contribution in [2.75, 3.05) is 6.61 Å². The summed E-state index contributed by atoms with van der Waals surface area (Å²) in [5, 5.41) is 19.4.